The first-order valence-corrected chi connectivity index (χ1v) is 11.2. The molecule has 0 aliphatic heterocycles. The molecular weight excluding hydrogens is 434 g/mol. The average Bonchev–Trinajstić information content (AvgIpc) is 3.26. The number of aromatic amines is 1. The first-order valence-electron chi connectivity index (χ1n) is 9.85. The Morgan fingerprint density at radius 2 is 1.84 bits per heavy atom. The Bertz CT molecular complexity index is 1120. The lowest BCUT2D eigenvalue weighted by atomic mass is 10.1. The smallest absolute Gasteiger partial charge is 0.196 e. The fourth-order valence-corrected chi connectivity index (χ4v) is 4.43. The van der Waals surface area contributed by atoms with Crippen LogP contribution in [0.3, 0.4) is 0 Å². The van der Waals surface area contributed by atoms with Gasteiger partial charge >= 0.3 is 0 Å². The zero-order valence-electron chi connectivity index (χ0n) is 18.5. The van der Waals surface area contributed by atoms with E-state index >= 15 is 0 Å². The molecule has 0 fully saturated rings. The van der Waals surface area contributed by atoms with Crippen molar-refractivity contribution in [3.05, 3.63) is 57.6 Å². The molecule has 7 nitrogen and oxygen atoms in total. The van der Waals surface area contributed by atoms with Gasteiger partial charge in [0.05, 0.1) is 17.5 Å². The molecular formula is C22H26ClN5O2S. The molecule has 164 valence electrons. The molecule has 0 saturated carbocycles. The summed E-state index contributed by atoms with van der Waals surface area (Å²) in [5, 5.41) is 10.0. The quantitative estimate of drug-likeness (QED) is 0.389. The lowest BCUT2D eigenvalue weighted by Gasteiger charge is -2.20. The van der Waals surface area contributed by atoms with E-state index in [4.69, 9.17) is 11.6 Å². The summed E-state index contributed by atoms with van der Waals surface area (Å²) >= 11 is 7.38. The molecule has 3 rings (SSSR count). The molecule has 2 heterocycles. The van der Waals surface area contributed by atoms with Crippen LogP contribution in [-0.2, 0) is 0 Å². The molecule has 1 N–H and O–H groups in total. The van der Waals surface area contributed by atoms with Gasteiger partial charge in [0.15, 0.2) is 22.5 Å². The average molecular weight is 460 g/mol. The molecule has 0 saturated heterocycles. The number of H-pyrrole nitrogens is 1. The zero-order chi connectivity index (χ0) is 22.9. The summed E-state index contributed by atoms with van der Waals surface area (Å²) in [7, 11) is 3.95. The lowest BCUT2D eigenvalue weighted by molar-refractivity contribution is 0.101. The van der Waals surface area contributed by atoms with E-state index in [1.54, 1.807) is 13.8 Å². The number of Topliss-reactive ketones (excluding diaryl/α,β-unsaturated/α-hetero) is 2. The minimum atomic E-state index is -0.0917. The van der Waals surface area contributed by atoms with Gasteiger partial charge in [0.2, 0.25) is 0 Å². The molecule has 31 heavy (non-hydrogen) atoms. The number of aromatic nitrogens is 4. The standard InChI is InChI=1S/C22H26ClN5O2S/c1-12-19(15(4)29)13(2)24-20(12)18(30)11-31-22-26-25-21(14(3)27(5)6)28(22)17-9-7-16(23)8-10-17/h7-10,14,24H,11H2,1-6H3. The summed E-state index contributed by atoms with van der Waals surface area (Å²) in [6, 6.07) is 7.45. The van der Waals surface area contributed by atoms with Crippen molar-refractivity contribution in [2.45, 2.75) is 38.9 Å². The van der Waals surface area contributed by atoms with E-state index in [0.29, 0.717) is 32.7 Å². The summed E-state index contributed by atoms with van der Waals surface area (Å²) in [5.41, 5.74) is 3.33. The number of rotatable bonds is 8. The van der Waals surface area contributed by atoms with Crippen LogP contribution >= 0.6 is 23.4 Å². The van der Waals surface area contributed by atoms with E-state index < -0.39 is 0 Å². The van der Waals surface area contributed by atoms with Gasteiger partial charge in [0.1, 0.15) is 0 Å². The molecule has 2 aromatic heterocycles. The second-order valence-corrected chi connectivity index (χ2v) is 9.06. The maximum absolute atomic E-state index is 12.9. The van der Waals surface area contributed by atoms with Gasteiger partial charge in [-0.2, -0.15) is 0 Å². The minimum absolute atomic E-state index is 0.0136. The highest BCUT2D eigenvalue weighted by atomic mass is 35.5. The SMILES string of the molecule is CC(=O)c1c(C)[nH]c(C(=O)CSc2nnc(C(C)N(C)C)n2-c2ccc(Cl)cc2)c1C. The number of benzene rings is 1. The number of nitrogens with zero attached hydrogens (tertiary/aromatic N) is 4. The van der Waals surface area contributed by atoms with E-state index in [2.05, 4.69) is 15.2 Å². The van der Waals surface area contributed by atoms with Crippen LogP contribution in [0.15, 0.2) is 29.4 Å². The molecule has 9 heteroatoms. The lowest BCUT2D eigenvalue weighted by Crippen LogP contribution is -2.20. The Morgan fingerprint density at radius 3 is 2.39 bits per heavy atom. The Kier molecular flexibility index (Phi) is 7.03. The normalized spacial score (nSPS) is 12.4. The van der Waals surface area contributed by atoms with Crippen molar-refractivity contribution < 1.29 is 9.59 Å². The molecule has 0 bridgehead atoms. The molecule has 1 unspecified atom stereocenters. The van der Waals surface area contributed by atoms with Crippen LogP contribution in [0.4, 0.5) is 0 Å². The number of nitrogens with one attached hydrogen (secondary N) is 1. The maximum atomic E-state index is 12.9. The number of carbonyl (C=O) groups excluding carboxylic acids is 2. The molecule has 0 aliphatic carbocycles. The fraction of sp³-hybridized carbons (Fsp3) is 0.364. The van der Waals surface area contributed by atoms with Crippen LogP contribution in [0.2, 0.25) is 5.02 Å². The van der Waals surface area contributed by atoms with Crippen molar-refractivity contribution in [1.29, 1.82) is 0 Å². The highest BCUT2D eigenvalue weighted by molar-refractivity contribution is 7.99. The van der Waals surface area contributed by atoms with Crippen LogP contribution in [0.1, 0.15) is 57.8 Å². The molecule has 3 aromatic rings. The zero-order valence-corrected chi connectivity index (χ0v) is 20.1. The van der Waals surface area contributed by atoms with Gasteiger partial charge in [-0.05, 0) is 71.6 Å². The minimum Gasteiger partial charge on any atom is -0.355 e. The van der Waals surface area contributed by atoms with Crippen molar-refractivity contribution in [2.24, 2.45) is 0 Å². The Morgan fingerprint density at radius 1 is 1.19 bits per heavy atom. The van der Waals surface area contributed by atoms with Crippen molar-refractivity contribution in [2.75, 3.05) is 19.8 Å². The van der Waals surface area contributed by atoms with Crippen LogP contribution in [0.5, 0.6) is 0 Å². The van der Waals surface area contributed by atoms with Crippen molar-refractivity contribution in [1.82, 2.24) is 24.6 Å². The molecule has 0 radical (unpaired) electrons. The van der Waals surface area contributed by atoms with Gasteiger partial charge in [-0.25, -0.2) is 0 Å². The molecule has 0 spiro atoms. The van der Waals surface area contributed by atoms with Crippen LogP contribution in [0, 0.1) is 13.8 Å². The first kappa shape index (κ1) is 23.2. The number of aryl methyl sites for hydroxylation is 1. The second kappa shape index (κ2) is 9.38. The molecule has 0 amide bonds. The van der Waals surface area contributed by atoms with Gasteiger partial charge in [-0.15, -0.1) is 10.2 Å². The predicted molar refractivity (Wildman–Crippen MR) is 124 cm³/mol. The Hall–Kier alpha value is -2.42. The van der Waals surface area contributed by atoms with Crippen LogP contribution in [-0.4, -0.2) is 56.1 Å². The van der Waals surface area contributed by atoms with E-state index in [9.17, 15) is 9.59 Å². The topological polar surface area (TPSA) is 83.9 Å². The molecule has 1 atom stereocenters. The van der Waals surface area contributed by atoms with E-state index in [-0.39, 0.29) is 23.4 Å². The van der Waals surface area contributed by atoms with Crippen molar-refractivity contribution in [3.8, 4) is 5.69 Å². The number of hydrogen-bond acceptors (Lipinski definition) is 6. The largest absolute Gasteiger partial charge is 0.355 e. The Labute approximate surface area is 191 Å². The predicted octanol–water partition coefficient (Wildman–Crippen LogP) is 4.67. The van der Waals surface area contributed by atoms with Gasteiger partial charge in [-0.3, -0.25) is 19.1 Å². The number of hydrogen-bond donors (Lipinski definition) is 1. The number of ketones is 2. The van der Waals surface area contributed by atoms with Gasteiger partial charge in [0.25, 0.3) is 0 Å². The van der Waals surface area contributed by atoms with E-state index in [1.165, 1.54) is 18.7 Å². The number of carbonyl (C=O) groups is 2. The van der Waals surface area contributed by atoms with Gasteiger partial charge in [0, 0.05) is 22.0 Å². The third-order valence-corrected chi connectivity index (χ3v) is 6.47. The third-order valence-electron chi connectivity index (χ3n) is 5.29. The number of thioether (sulfide) groups is 1. The highest BCUT2D eigenvalue weighted by Gasteiger charge is 2.23. The fourth-order valence-electron chi connectivity index (χ4n) is 3.47. The second-order valence-electron chi connectivity index (χ2n) is 7.69. The van der Waals surface area contributed by atoms with Crippen LogP contribution < -0.4 is 0 Å². The summed E-state index contributed by atoms with van der Waals surface area (Å²) in [6.45, 7) is 7.16. The summed E-state index contributed by atoms with van der Waals surface area (Å²) in [5.74, 6) is 0.793. The van der Waals surface area contributed by atoms with Gasteiger partial charge in [-0.1, -0.05) is 23.4 Å². The summed E-state index contributed by atoms with van der Waals surface area (Å²) in [6.07, 6.45) is 0. The first-order chi connectivity index (χ1) is 14.6. The third kappa shape index (κ3) is 4.76. The van der Waals surface area contributed by atoms with E-state index in [1.807, 2.05) is 54.8 Å². The summed E-state index contributed by atoms with van der Waals surface area (Å²) < 4.78 is 1.95. The van der Waals surface area contributed by atoms with Crippen molar-refractivity contribution in [3.63, 3.8) is 0 Å². The monoisotopic (exact) mass is 459 g/mol. The summed E-state index contributed by atoms with van der Waals surface area (Å²) in [4.78, 5) is 29.9. The highest BCUT2D eigenvalue weighted by Crippen LogP contribution is 2.28. The molecule has 0 aliphatic rings. The van der Waals surface area contributed by atoms with Crippen molar-refractivity contribution >= 4 is 34.9 Å². The number of halogens is 1. The van der Waals surface area contributed by atoms with E-state index in [0.717, 1.165) is 11.5 Å². The molecule has 1 aromatic carbocycles. The van der Waals surface area contributed by atoms with Gasteiger partial charge < -0.3 is 4.98 Å². The van der Waals surface area contributed by atoms with Crippen LogP contribution in [0.25, 0.3) is 5.69 Å². The Balaban J connectivity index is 1.92. The maximum Gasteiger partial charge on any atom is 0.196 e.